The Morgan fingerprint density at radius 2 is 1.78 bits per heavy atom. The van der Waals surface area contributed by atoms with Crippen molar-refractivity contribution in [1.82, 2.24) is 9.99 Å². The van der Waals surface area contributed by atoms with Crippen LogP contribution < -0.4 is 0 Å². The van der Waals surface area contributed by atoms with Gasteiger partial charge in [0, 0.05) is 30.2 Å². The molecule has 0 spiro atoms. The number of aryl methyl sites for hydroxylation is 2. The average molecular weight is 450 g/mol. The molecule has 2 heterocycles. The lowest BCUT2D eigenvalue weighted by molar-refractivity contribution is -0.137. The van der Waals surface area contributed by atoms with Gasteiger partial charge in [-0.15, -0.1) is 0 Å². The van der Waals surface area contributed by atoms with Crippen LogP contribution >= 0.6 is 11.6 Å². The summed E-state index contributed by atoms with van der Waals surface area (Å²) in [6, 6.07) is 15.6. The lowest BCUT2D eigenvalue weighted by atomic mass is 9.97. The van der Waals surface area contributed by atoms with Crippen molar-refractivity contribution < 1.29 is 14.7 Å². The molecule has 0 radical (unpaired) electrons. The van der Waals surface area contributed by atoms with E-state index >= 15 is 0 Å². The number of aliphatic carboxylic acids is 1. The number of rotatable bonds is 6. The van der Waals surface area contributed by atoms with Crippen LogP contribution in [-0.4, -0.2) is 32.7 Å². The first kappa shape index (κ1) is 22.0. The smallest absolute Gasteiger partial charge is 0.303 e. The van der Waals surface area contributed by atoms with E-state index in [4.69, 9.17) is 16.7 Å². The SMILES string of the molecule is Cc1ccc(C2=NN(C(=O)CCCC(=O)O)[C@H](c3cc4ccc(C)cc4nc3Cl)C2)cc1. The Bertz CT molecular complexity index is 1220. The minimum absolute atomic E-state index is 0.0591. The zero-order valence-corrected chi connectivity index (χ0v) is 18.8. The fourth-order valence-electron chi connectivity index (χ4n) is 3.91. The molecule has 1 aromatic heterocycles. The van der Waals surface area contributed by atoms with Crippen molar-refractivity contribution >= 4 is 40.1 Å². The van der Waals surface area contributed by atoms with E-state index in [2.05, 4.69) is 10.1 Å². The summed E-state index contributed by atoms with van der Waals surface area (Å²) < 4.78 is 0. The van der Waals surface area contributed by atoms with Crippen molar-refractivity contribution in [3.8, 4) is 0 Å². The molecule has 7 heteroatoms. The molecule has 1 atom stereocenters. The summed E-state index contributed by atoms with van der Waals surface area (Å²) in [6.45, 7) is 4.02. The Morgan fingerprint density at radius 1 is 1.06 bits per heavy atom. The van der Waals surface area contributed by atoms with Crippen molar-refractivity contribution in [2.75, 3.05) is 0 Å². The molecule has 0 bridgehead atoms. The highest BCUT2D eigenvalue weighted by Crippen LogP contribution is 2.37. The number of aromatic nitrogens is 1. The number of nitrogens with zero attached hydrogens (tertiary/aromatic N) is 3. The summed E-state index contributed by atoms with van der Waals surface area (Å²) in [5.74, 6) is -1.14. The molecule has 0 saturated heterocycles. The van der Waals surface area contributed by atoms with Gasteiger partial charge in [-0.05, 0) is 43.5 Å². The molecular formula is C25H24ClN3O3. The summed E-state index contributed by atoms with van der Waals surface area (Å²) in [7, 11) is 0. The number of carboxylic acid groups (broad SMARTS) is 1. The largest absolute Gasteiger partial charge is 0.481 e. The number of pyridine rings is 1. The van der Waals surface area contributed by atoms with E-state index in [1.54, 1.807) is 0 Å². The number of hydrazone groups is 1. The Morgan fingerprint density at radius 3 is 2.50 bits per heavy atom. The maximum Gasteiger partial charge on any atom is 0.303 e. The summed E-state index contributed by atoms with van der Waals surface area (Å²) in [4.78, 5) is 28.5. The van der Waals surface area contributed by atoms with Crippen LogP contribution in [0.5, 0.6) is 0 Å². The monoisotopic (exact) mass is 449 g/mol. The third kappa shape index (κ3) is 4.65. The number of carbonyl (C=O) groups excluding carboxylic acids is 1. The van der Waals surface area contributed by atoms with Crippen molar-refractivity contribution in [1.29, 1.82) is 0 Å². The molecule has 1 N–H and O–H groups in total. The molecule has 3 aromatic rings. The highest BCUT2D eigenvalue weighted by atomic mass is 35.5. The van der Waals surface area contributed by atoms with Gasteiger partial charge in [-0.2, -0.15) is 5.10 Å². The molecular weight excluding hydrogens is 426 g/mol. The van der Waals surface area contributed by atoms with Gasteiger partial charge in [-0.25, -0.2) is 9.99 Å². The Hall–Kier alpha value is -3.25. The first-order valence-electron chi connectivity index (χ1n) is 10.6. The van der Waals surface area contributed by atoms with Crippen LogP contribution in [0.4, 0.5) is 0 Å². The van der Waals surface area contributed by atoms with E-state index in [0.717, 1.165) is 38.9 Å². The predicted molar refractivity (Wildman–Crippen MR) is 125 cm³/mol. The third-order valence-electron chi connectivity index (χ3n) is 5.64. The molecule has 4 rings (SSSR count). The van der Waals surface area contributed by atoms with Gasteiger partial charge in [0.1, 0.15) is 5.15 Å². The zero-order valence-electron chi connectivity index (χ0n) is 18.0. The molecule has 32 heavy (non-hydrogen) atoms. The number of fused-ring (bicyclic) bond motifs is 1. The fraction of sp³-hybridized carbons (Fsp3) is 0.280. The number of carbonyl (C=O) groups is 2. The standard InChI is InChI=1S/C25H24ClN3O3/c1-15-6-9-17(10-7-15)21-14-22(29(28-21)23(30)4-3-5-24(31)32)19-13-18-11-8-16(2)12-20(18)27-25(19)26/h6-13,22H,3-5,14H2,1-2H3,(H,31,32)/t22-/m0/s1. The van der Waals surface area contributed by atoms with Crippen LogP contribution in [0, 0.1) is 13.8 Å². The highest BCUT2D eigenvalue weighted by molar-refractivity contribution is 6.30. The maximum atomic E-state index is 13.0. The summed E-state index contributed by atoms with van der Waals surface area (Å²) in [5, 5.41) is 16.3. The van der Waals surface area contributed by atoms with Gasteiger partial charge >= 0.3 is 5.97 Å². The van der Waals surface area contributed by atoms with Crippen molar-refractivity contribution in [3.63, 3.8) is 0 Å². The second kappa shape index (κ2) is 9.09. The quantitative estimate of drug-likeness (QED) is 0.508. The number of benzene rings is 2. The van der Waals surface area contributed by atoms with Gasteiger partial charge in [-0.3, -0.25) is 9.59 Å². The lowest BCUT2D eigenvalue weighted by Crippen LogP contribution is -2.27. The second-order valence-electron chi connectivity index (χ2n) is 8.18. The van der Waals surface area contributed by atoms with Gasteiger partial charge in [0.2, 0.25) is 5.91 Å². The van der Waals surface area contributed by atoms with Gasteiger partial charge in [-0.1, -0.05) is 53.6 Å². The lowest BCUT2D eigenvalue weighted by Gasteiger charge is -2.23. The van der Waals surface area contributed by atoms with E-state index in [0.29, 0.717) is 11.6 Å². The molecule has 164 valence electrons. The number of halogens is 1. The number of hydrogen-bond donors (Lipinski definition) is 1. The molecule has 0 unspecified atom stereocenters. The first-order valence-corrected chi connectivity index (χ1v) is 10.9. The normalized spacial score (nSPS) is 15.8. The fourth-order valence-corrected chi connectivity index (χ4v) is 4.18. The number of hydrogen-bond acceptors (Lipinski definition) is 4. The van der Waals surface area contributed by atoms with E-state index < -0.39 is 12.0 Å². The van der Waals surface area contributed by atoms with Crippen LogP contribution in [0.3, 0.4) is 0 Å². The average Bonchev–Trinajstić information content (AvgIpc) is 3.18. The molecule has 1 amide bonds. The van der Waals surface area contributed by atoms with E-state index in [-0.39, 0.29) is 25.2 Å². The molecule has 1 aliphatic heterocycles. The van der Waals surface area contributed by atoms with Crippen LogP contribution in [-0.2, 0) is 9.59 Å². The molecule has 1 aliphatic rings. The minimum atomic E-state index is -0.920. The van der Waals surface area contributed by atoms with Gasteiger partial charge in [0.25, 0.3) is 0 Å². The van der Waals surface area contributed by atoms with E-state index in [1.165, 1.54) is 5.01 Å². The third-order valence-corrected chi connectivity index (χ3v) is 5.95. The van der Waals surface area contributed by atoms with Gasteiger partial charge < -0.3 is 5.11 Å². The molecule has 0 saturated carbocycles. The maximum absolute atomic E-state index is 13.0. The summed E-state index contributed by atoms with van der Waals surface area (Å²) >= 11 is 6.59. The molecule has 0 fully saturated rings. The highest BCUT2D eigenvalue weighted by Gasteiger charge is 2.34. The van der Waals surface area contributed by atoms with Crippen LogP contribution in [0.25, 0.3) is 10.9 Å². The second-order valence-corrected chi connectivity index (χ2v) is 8.54. The Balaban J connectivity index is 1.70. The Labute approximate surface area is 191 Å². The minimum Gasteiger partial charge on any atom is -0.481 e. The topological polar surface area (TPSA) is 82.9 Å². The van der Waals surface area contributed by atoms with Crippen molar-refractivity contribution in [2.24, 2.45) is 5.10 Å². The number of amides is 1. The predicted octanol–water partition coefficient (Wildman–Crippen LogP) is 5.44. The number of carboxylic acids is 1. The van der Waals surface area contributed by atoms with Crippen LogP contribution in [0.1, 0.15) is 54.0 Å². The summed E-state index contributed by atoms with van der Waals surface area (Å²) in [6.07, 6.45) is 0.809. The van der Waals surface area contributed by atoms with Gasteiger partial charge in [0.05, 0.1) is 17.3 Å². The molecule has 2 aromatic carbocycles. The van der Waals surface area contributed by atoms with E-state index in [9.17, 15) is 9.59 Å². The first-order chi connectivity index (χ1) is 15.3. The summed E-state index contributed by atoms with van der Waals surface area (Å²) in [5.41, 5.74) is 5.51. The van der Waals surface area contributed by atoms with Crippen molar-refractivity contribution in [3.05, 3.63) is 75.9 Å². The van der Waals surface area contributed by atoms with E-state index in [1.807, 2.05) is 62.4 Å². The molecule has 0 aliphatic carbocycles. The molecule has 6 nitrogen and oxygen atoms in total. The van der Waals surface area contributed by atoms with Gasteiger partial charge in [0.15, 0.2) is 0 Å². The van der Waals surface area contributed by atoms with Crippen LogP contribution in [0.15, 0.2) is 53.6 Å². The van der Waals surface area contributed by atoms with Crippen LogP contribution in [0.2, 0.25) is 5.15 Å². The van der Waals surface area contributed by atoms with Crippen molar-refractivity contribution in [2.45, 2.75) is 45.6 Å². The zero-order chi connectivity index (χ0) is 22.8. The Kier molecular flexibility index (Phi) is 6.24.